The van der Waals surface area contributed by atoms with Gasteiger partial charge in [-0.25, -0.2) is 0 Å². The highest BCUT2D eigenvalue weighted by Crippen LogP contribution is 2.30. The van der Waals surface area contributed by atoms with Crippen molar-refractivity contribution in [2.75, 3.05) is 32.7 Å². The zero-order chi connectivity index (χ0) is 19.4. The van der Waals surface area contributed by atoms with Crippen LogP contribution in [0.25, 0.3) is 0 Å². The molecule has 2 aromatic carbocycles. The fourth-order valence-corrected chi connectivity index (χ4v) is 4.48. The van der Waals surface area contributed by atoms with E-state index in [9.17, 15) is 4.79 Å². The van der Waals surface area contributed by atoms with Gasteiger partial charge in [0.25, 0.3) is 0 Å². The zero-order valence-corrected chi connectivity index (χ0v) is 16.9. The second-order valence-electron chi connectivity index (χ2n) is 8.07. The van der Waals surface area contributed by atoms with Crippen molar-refractivity contribution in [1.29, 1.82) is 0 Å². The van der Waals surface area contributed by atoms with Gasteiger partial charge in [-0.15, -0.1) is 0 Å². The minimum atomic E-state index is -0.336. The number of nitrogens with zero attached hydrogens (tertiary/aromatic N) is 1. The summed E-state index contributed by atoms with van der Waals surface area (Å²) in [6, 6.07) is 18.6. The molecule has 2 aliphatic heterocycles. The Morgan fingerprint density at radius 1 is 1.07 bits per heavy atom. The minimum absolute atomic E-state index is 0.160. The van der Waals surface area contributed by atoms with Crippen LogP contribution in [0.1, 0.15) is 30.0 Å². The second-order valence-corrected chi connectivity index (χ2v) is 8.50. The number of rotatable bonds is 7. The molecule has 2 aromatic rings. The van der Waals surface area contributed by atoms with E-state index in [1.54, 1.807) is 0 Å². The van der Waals surface area contributed by atoms with Crippen LogP contribution in [-0.2, 0) is 11.2 Å². The van der Waals surface area contributed by atoms with Gasteiger partial charge in [-0.2, -0.15) is 0 Å². The van der Waals surface area contributed by atoms with Crippen LogP contribution in [0.3, 0.4) is 0 Å². The molecule has 0 spiro atoms. The van der Waals surface area contributed by atoms with Crippen LogP contribution in [0, 0.1) is 5.41 Å². The van der Waals surface area contributed by atoms with E-state index in [0.29, 0.717) is 6.54 Å². The van der Waals surface area contributed by atoms with Gasteiger partial charge in [0, 0.05) is 24.7 Å². The molecule has 2 heterocycles. The molecule has 148 valence electrons. The number of likely N-dealkylation sites (tertiary alicyclic amines) is 1. The average molecular weight is 398 g/mol. The van der Waals surface area contributed by atoms with Crippen LogP contribution in [-0.4, -0.2) is 43.5 Å². The lowest BCUT2D eigenvalue weighted by molar-refractivity contribution is -0.134. The number of halogens is 1. The molecule has 1 amide bonds. The second kappa shape index (κ2) is 8.64. The van der Waals surface area contributed by atoms with Gasteiger partial charge in [-0.3, -0.25) is 9.69 Å². The van der Waals surface area contributed by atoms with Crippen molar-refractivity contribution >= 4 is 17.5 Å². The molecular weight excluding hydrogens is 370 g/mol. The summed E-state index contributed by atoms with van der Waals surface area (Å²) in [5.74, 6) is 0.160. The molecule has 1 atom stereocenters. The van der Waals surface area contributed by atoms with Gasteiger partial charge in [0.05, 0.1) is 11.5 Å². The summed E-state index contributed by atoms with van der Waals surface area (Å²) >= 11 is 6.08. The Hall–Kier alpha value is -1.88. The van der Waals surface area contributed by atoms with E-state index < -0.39 is 0 Å². The van der Waals surface area contributed by atoms with Gasteiger partial charge in [-0.1, -0.05) is 54.1 Å². The van der Waals surface area contributed by atoms with E-state index >= 15 is 0 Å². The third-order valence-corrected chi connectivity index (χ3v) is 6.34. The molecule has 2 N–H and O–H groups in total. The third kappa shape index (κ3) is 4.24. The van der Waals surface area contributed by atoms with Gasteiger partial charge in [0.15, 0.2) is 0 Å². The van der Waals surface area contributed by atoms with E-state index in [-0.39, 0.29) is 17.4 Å². The maximum atomic E-state index is 13.2. The van der Waals surface area contributed by atoms with Crippen LogP contribution in [0.5, 0.6) is 0 Å². The number of hydrogen-bond donors (Lipinski definition) is 2. The predicted molar refractivity (Wildman–Crippen MR) is 113 cm³/mol. The number of hydrogen-bond acceptors (Lipinski definition) is 3. The lowest BCUT2D eigenvalue weighted by Gasteiger charge is -2.42. The van der Waals surface area contributed by atoms with Gasteiger partial charge in [-0.05, 0) is 55.6 Å². The topological polar surface area (TPSA) is 44.4 Å². The first-order valence-electron chi connectivity index (χ1n) is 10.2. The Morgan fingerprint density at radius 3 is 2.36 bits per heavy atom. The maximum Gasteiger partial charge on any atom is 0.229 e. The van der Waals surface area contributed by atoms with Crippen LogP contribution in [0.15, 0.2) is 54.6 Å². The molecule has 0 saturated carbocycles. The fourth-order valence-electron chi connectivity index (χ4n) is 4.35. The summed E-state index contributed by atoms with van der Waals surface area (Å²) < 4.78 is 0. The summed E-state index contributed by atoms with van der Waals surface area (Å²) in [7, 11) is 0. The van der Waals surface area contributed by atoms with Gasteiger partial charge >= 0.3 is 0 Å². The monoisotopic (exact) mass is 397 g/mol. The molecule has 0 aliphatic carbocycles. The molecule has 2 fully saturated rings. The summed E-state index contributed by atoms with van der Waals surface area (Å²) in [5.41, 5.74) is 2.10. The van der Waals surface area contributed by atoms with Crippen molar-refractivity contribution in [3.63, 3.8) is 0 Å². The first-order valence-corrected chi connectivity index (χ1v) is 10.6. The zero-order valence-electron chi connectivity index (χ0n) is 16.2. The van der Waals surface area contributed by atoms with Crippen molar-refractivity contribution in [3.8, 4) is 0 Å². The standard InChI is InChI=1S/C23H28ClN3O/c24-20-10-8-19(9-11-20)21(27-12-4-5-13-27)15-26-22(28)23(16-25-17-23)14-18-6-2-1-3-7-18/h1-3,6-11,21,25H,4-5,12-17H2,(H,26,28). The maximum absolute atomic E-state index is 13.2. The average Bonchev–Trinajstić information content (AvgIpc) is 3.21. The van der Waals surface area contributed by atoms with E-state index in [4.69, 9.17) is 11.6 Å². The van der Waals surface area contributed by atoms with Crippen molar-refractivity contribution in [3.05, 3.63) is 70.7 Å². The smallest absolute Gasteiger partial charge is 0.229 e. The molecule has 2 aliphatic rings. The first-order chi connectivity index (χ1) is 13.7. The molecule has 4 nitrogen and oxygen atoms in total. The molecule has 5 heteroatoms. The highest BCUT2D eigenvalue weighted by atomic mass is 35.5. The molecule has 0 bridgehead atoms. The largest absolute Gasteiger partial charge is 0.354 e. The molecular formula is C23H28ClN3O. The van der Waals surface area contributed by atoms with E-state index in [1.807, 2.05) is 30.3 Å². The Balaban J connectivity index is 1.45. The quantitative estimate of drug-likeness (QED) is 0.752. The van der Waals surface area contributed by atoms with Gasteiger partial charge in [0.2, 0.25) is 5.91 Å². The lowest BCUT2D eigenvalue weighted by Crippen LogP contribution is -2.63. The predicted octanol–water partition coefficient (Wildman–Crippen LogP) is 3.43. The minimum Gasteiger partial charge on any atom is -0.354 e. The van der Waals surface area contributed by atoms with E-state index in [0.717, 1.165) is 37.6 Å². The number of carbonyl (C=O) groups excluding carboxylic acids is 1. The summed E-state index contributed by atoms with van der Waals surface area (Å²) in [4.78, 5) is 15.6. The van der Waals surface area contributed by atoms with Crippen molar-refractivity contribution in [2.24, 2.45) is 5.41 Å². The third-order valence-electron chi connectivity index (χ3n) is 6.09. The Bertz CT molecular complexity index is 783. The van der Waals surface area contributed by atoms with E-state index in [2.05, 4.69) is 39.8 Å². The molecule has 1 unspecified atom stereocenters. The van der Waals surface area contributed by atoms with Gasteiger partial charge in [0.1, 0.15) is 0 Å². The lowest BCUT2D eigenvalue weighted by atomic mass is 9.75. The summed E-state index contributed by atoms with van der Waals surface area (Å²) in [5, 5.41) is 7.33. The summed E-state index contributed by atoms with van der Waals surface area (Å²) in [6.07, 6.45) is 3.22. The number of nitrogens with one attached hydrogen (secondary N) is 2. The fraction of sp³-hybridized carbons (Fsp3) is 0.435. The van der Waals surface area contributed by atoms with Crippen LogP contribution in [0.2, 0.25) is 5.02 Å². The van der Waals surface area contributed by atoms with Crippen molar-refractivity contribution in [1.82, 2.24) is 15.5 Å². The van der Waals surface area contributed by atoms with Crippen molar-refractivity contribution < 1.29 is 4.79 Å². The Labute approximate surface area is 172 Å². The highest BCUT2D eigenvalue weighted by molar-refractivity contribution is 6.30. The first kappa shape index (κ1) is 19.4. The number of benzene rings is 2. The molecule has 0 radical (unpaired) electrons. The SMILES string of the molecule is O=C(NCC(c1ccc(Cl)cc1)N1CCCC1)C1(Cc2ccccc2)CNC1. The normalized spacial score (nSPS) is 19.8. The molecule has 28 heavy (non-hydrogen) atoms. The number of amides is 1. The van der Waals surface area contributed by atoms with Crippen molar-refractivity contribution in [2.45, 2.75) is 25.3 Å². The number of carbonyl (C=O) groups is 1. The molecule has 0 aromatic heterocycles. The van der Waals surface area contributed by atoms with Crippen LogP contribution < -0.4 is 10.6 Å². The highest BCUT2D eigenvalue weighted by Gasteiger charge is 2.44. The Kier molecular flexibility index (Phi) is 6.00. The molecule has 4 rings (SSSR count). The van der Waals surface area contributed by atoms with Gasteiger partial charge < -0.3 is 10.6 Å². The van der Waals surface area contributed by atoms with Crippen LogP contribution >= 0.6 is 11.6 Å². The Morgan fingerprint density at radius 2 is 1.75 bits per heavy atom. The molecule has 2 saturated heterocycles. The van der Waals surface area contributed by atoms with E-state index in [1.165, 1.54) is 24.0 Å². The summed E-state index contributed by atoms with van der Waals surface area (Å²) in [6.45, 7) is 4.28. The van der Waals surface area contributed by atoms with Crippen LogP contribution in [0.4, 0.5) is 0 Å².